The number of aromatic nitrogens is 2. The Hall–Kier alpha value is -7.32. The van der Waals surface area contributed by atoms with Gasteiger partial charge in [-0.05, 0) is 12.1 Å². The van der Waals surface area contributed by atoms with Crippen LogP contribution in [0.2, 0.25) is 0 Å². The number of nitrogens with one attached hydrogen (secondary N) is 1. The molecule has 56 heavy (non-hydrogen) atoms. The predicted octanol–water partition coefficient (Wildman–Crippen LogP) is 4.76. The molecule has 2 N–H and O–H groups in total. The molecule has 1 fully saturated rings. The van der Waals surface area contributed by atoms with Crippen LogP contribution in [-0.2, 0) is 9.47 Å². The Balaban J connectivity index is 1.09. The maximum absolute atomic E-state index is 13.6. The average Bonchev–Trinajstić information content (AvgIpc) is 4.02. The first-order valence-corrected chi connectivity index (χ1v) is 18.8. The number of amides is 1. The standard InChI is InChI=1S/C40H26AsN5O10/c42-19-22-9-11-29(41-37(48)31-17-36(56-45-31)26-6-2-4-8-34(26)53-24-13-14-52-21-24)27(15-22)39(50)54-40(51)28-16-23(20-43)10-12-30(28)44-38(49)32-18-35(55-46-32)25-5-1-3-7-33(25)47/h1-12,15-18,24,41,47H,13-14,21H2,(H,44,49). The van der Waals surface area contributed by atoms with Gasteiger partial charge in [0, 0.05) is 0 Å². The quantitative estimate of drug-likeness (QED) is 0.102. The Morgan fingerprint density at radius 1 is 0.786 bits per heavy atom. The number of benzene rings is 4. The molecular formula is C40H26AsN5O10. The molecule has 2 atom stereocenters. The number of rotatable bonds is 11. The summed E-state index contributed by atoms with van der Waals surface area (Å²) in [5.41, 5.74) is 0.0865. The molecule has 0 spiro atoms. The van der Waals surface area contributed by atoms with Gasteiger partial charge in [-0.25, -0.2) is 0 Å². The number of anilines is 1. The number of aromatic hydroxyl groups is 1. The van der Waals surface area contributed by atoms with Crippen LogP contribution >= 0.6 is 0 Å². The van der Waals surface area contributed by atoms with Gasteiger partial charge in [-0.1, -0.05) is 12.1 Å². The number of ether oxygens (including phenoxy) is 3. The zero-order chi connectivity index (χ0) is 39.2. The van der Waals surface area contributed by atoms with Crippen molar-refractivity contribution in [2.24, 2.45) is 0 Å². The van der Waals surface area contributed by atoms with Crippen LogP contribution in [0.25, 0.3) is 22.6 Å². The molecule has 0 radical (unpaired) electrons. The molecule has 0 saturated carbocycles. The molecule has 1 aliphatic rings. The molecule has 1 amide bonds. The predicted molar refractivity (Wildman–Crippen MR) is 197 cm³/mol. The molecule has 1 saturated heterocycles. The van der Waals surface area contributed by atoms with Gasteiger partial charge in [-0.3, -0.25) is 0 Å². The van der Waals surface area contributed by atoms with E-state index in [4.69, 9.17) is 23.3 Å². The van der Waals surface area contributed by atoms with Gasteiger partial charge in [0.05, 0.1) is 5.56 Å². The van der Waals surface area contributed by atoms with Crippen LogP contribution in [-0.4, -0.2) is 72.9 Å². The van der Waals surface area contributed by atoms with Crippen molar-refractivity contribution in [3.05, 3.63) is 131 Å². The van der Waals surface area contributed by atoms with Crippen molar-refractivity contribution >= 4 is 48.2 Å². The molecule has 7 rings (SSSR count). The number of hydrogen-bond acceptors (Lipinski definition) is 14. The van der Waals surface area contributed by atoms with E-state index in [9.17, 15) is 34.8 Å². The third kappa shape index (κ3) is 8.10. The van der Waals surface area contributed by atoms with Gasteiger partial charge in [0.1, 0.15) is 5.75 Å². The van der Waals surface area contributed by atoms with Crippen molar-refractivity contribution in [2.75, 3.05) is 18.5 Å². The van der Waals surface area contributed by atoms with E-state index in [-0.39, 0.29) is 66.9 Å². The summed E-state index contributed by atoms with van der Waals surface area (Å²) in [6.45, 7) is 1.05. The number of esters is 2. The molecule has 6 aromatic rings. The molecule has 15 nitrogen and oxygen atoms in total. The normalized spacial score (nSPS) is 13.5. The molecule has 16 heteroatoms. The van der Waals surface area contributed by atoms with Crippen molar-refractivity contribution in [2.45, 2.75) is 12.5 Å². The molecule has 2 unspecified atom stereocenters. The zero-order valence-corrected chi connectivity index (χ0v) is 30.9. The average molecular weight is 812 g/mol. The minimum absolute atomic E-state index is 0.00672. The number of phenolic OH excluding ortho intramolecular Hbond substituents is 1. The van der Waals surface area contributed by atoms with Crippen LogP contribution < -0.4 is 14.4 Å². The van der Waals surface area contributed by atoms with E-state index < -0.39 is 38.2 Å². The number of phenols is 1. The van der Waals surface area contributed by atoms with E-state index in [1.54, 1.807) is 36.4 Å². The summed E-state index contributed by atoms with van der Waals surface area (Å²) in [5, 5.41) is 39.4. The Morgan fingerprint density at radius 3 is 2.16 bits per heavy atom. The van der Waals surface area contributed by atoms with Gasteiger partial charge in [0.25, 0.3) is 0 Å². The molecule has 3 heterocycles. The number of nitrogens with zero attached hydrogens (tertiary/aromatic N) is 4. The summed E-state index contributed by atoms with van der Waals surface area (Å²) >= 11 is -1.85. The van der Waals surface area contributed by atoms with Gasteiger partial charge >= 0.3 is 284 Å². The van der Waals surface area contributed by atoms with Gasteiger partial charge in [0.2, 0.25) is 0 Å². The Bertz CT molecular complexity index is 2600. The van der Waals surface area contributed by atoms with Gasteiger partial charge in [-0.2, -0.15) is 0 Å². The van der Waals surface area contributed by atoms with Crippen LogP contribution in [0.15, 0.2) is 106 Å². The van der Waals surface area contributed by atoms with E-state index in [2.05, 4.69) is 15.6 Å². The SMILES string of the molecule is N#Cc1ccc(NC(=O)c2cc(-c3ccccc3O)on2)c(C(=O)OC(=O)c2cc(C#N)ccc2[AsH]C(=O)c2cc(-c3ccccc3OC3CCOC3)on2)c1. The second-order valence-electron chi connectivity index (χ2n) is 12.1. The van der Waals surface area contributed by atoms with Crippen LogP contribution in [0.3, 0.4) is 0 Å². The summed E-state index contributed by atoms with van der Waals surface area (Å²) in [6, 6.07) is 27.8. The minimum atomic E-state index is -1.85. The summed E-state index contributed by atoms with van der Waals surface area (Å²) in [4.78, 5) is 53.8. The first-order valence-electron chi connectivity index (χ1n) is 16.7. The topological polar surface area (TPSA) is 228 Å². The molecule has 4 aromatic carbocycles. The molecule has 276 valence electrons. The maximum atomic E-state index is 13.6. The zero-order valence-electron chi connectivity index (χ0n) is 28.8. The van der Waals surface area contributed by atoms with Gasteiger partial charge < -0.3 is 5.11 Å². The van der Waals surface area contributed by atoms with Gasteiger partial charge in [-0.15, -0.1) is 0 Å². The molecule has 0 aliphatic carbocycles. The number of nitriles is 2. The Kier molecular flexibility index (Phi) is 10.8. The van der Waals surface area contributed by atoms with Crippen molar-refractivity contribution in [1.82, 2.24) is 10.3 Å². The van der Waals surface area contributed by atoms with Crippen LogP contribution in [0, 0.1) is 22.7 Å². The molecule has 0 bridgehead atoms. The third-order valence-corrected chi connectivity index (χ3v) is 10.9. The van der Waals surface area contributed by atoms with E-state index in [0.29, 0.717) is 30.3 Å². The number of carbonyl (C=O) groups is 4. The summed E-state index contributed by atoms with van der Waals surface area (Å²) in [5.74, 6) is -2.39. The molecular weight excluding hydrogens is 785 g/mol. The fourth-order valence-corrected chi connectivity index (χ4v) is 7.64. The molecule has 2 aromatic heterocycles. The third-order valence-electron chi connectivity index (χ3n) is 8.41. The summed E-state index contributed by atoms with van der Waals surface area (Å²) in [6.07, 6.45) is 0.608. The Morgan fingerprint density at radius 2 is 1.43 bits per heavy atom. The van der Waals surface area contributed by atoms with Crippen LogP contribution in [0.4, 0.5) is 5.69 Å². The summed E-state index contributed by atoms with van der Waals surface area (Å²) in [7, 11) is 0. The first kappa shape index (κ1) is 37.0. The monoisotopic (exact) mass is 811 g/mol. The number of carbonyl (C=O) groups excluding carboxylic acids is 4. The van der Waals surface area contributed by atoms with E-state index >= 15 is 0 Å². The first-order chi connectivity index (χ1) is 27.2. The van der Waals surface area contributed by atoms with Crippen molar-refractivity contribution < 1.29 is 47.5 Å². The van der Waals surface area contributed by atoms with E-state index in [0.717, 1.165) is 12.5 Å². The van der Waals surface area contributed by atoms with Gasteiger partial charge in [0.15, 0.2) is 0 Å². The fraction of sp³-hybridized carbons (Fsp3) is 0.100. The van der Waals surface area contributed by atoms with Crippen molar-refractivity contribution in [3.63, 3.8) is 0 Å². The van der Waals surface area contributed by atoms with E-state index in [1.165, 1.54) is 48.5 Å². The second-order valence-corrected chi connectivity index (χ2v) is 14.7. The van der Waals surface area contributed by atoms with Crippen LogP contribution in [0.5, 0.6) is 11.5 Å². The Labute approximate surface area is 323 Å². The van der Waals surface area contributed by atoms with Crippen molar-refractivity contribution in [1.29, 1.82) is 10.5 Å². The number of para-hydroxylation sites is 2. The number of hydrogen-bond donors (Lipinski definition) is 2. The van der Waals surface area contributed by atoms with Crippen molar-refractivity contribution in [3.8, 4) is 46.3 Å². The van der Waals surface area contributed by atoms with E-state index in [1.807, 2.05) is 18.2 Å². The summed E-state index contributed by atoms with van der Waals surface area (Å²) < 4.78 is 27.3. The second kappa shape index (κ2) is 16.4. The van der Waals surface area contributed by atoms with Crippen LogP contribution in [0.1, 0.15) is 59.2 Å². The fourth-order valence-electron chi connectivity index (χ4n) is 5.61. The molecule has 1 aliphatic heterocycles.